The second kappa shape index (κ2) is 15.4. The van der Waals surface area contributed by atoms with Gasteiger partial charge in [-0.3, -0.25) is 19.2 Å². The molecule has 1 rings (SSSR count). The molecule has 0 saturated carbocycles. The van der Waals surface area contributed by atoms with E-state index in [1.54, 1.807) is 0 Å². The predicted octanol–water partition coefficient (Wildman–Crippen LogP) is -1.61. The van der Waals surface area contributed by atoms with E-state index in [0.717, 1.165) is 27.7 Å². The number of nitrogens with one attached hydrogen (secondary N) is 2. The van der Waals surface area contributed by atoms with Crippen LogP contribution in [0.3, 0.4) is 0 Å². The SMILES string of the molecule is C=CCOC(=O)[C@@H](O)CNC(=O)NO[C@@H]1O[C@H](COC(C)=O)[C@@H](OC(C)=O)[C@H](OC(C)=O)[C@H]1OC(C)=O. The molecule has 37 heavy (non-hydrogen) atoms. The quantitative estimate of drug-likeness (QED) is 0.111. The van der Waals surface area contributed by atoms with Crippen LogP contribution in [0.1, 0.15) is 27.7 Å². The van der Waals surface area contributed by atoms with Crippen molar-refractivity contribution in [1.82, 2.24) is 10.8 Å². The molecule has 6 atom stereocenters. The molecule has 0 radical (unpaired) electrons. The number of hydrogen-bond donors (Lipinski definition) is 3. The zero-order chi connectivity index (χ0) is 28.1. The van der Waals surface area contributed by atoms with E-state index in [4.69, 9.17) is 28.5 Å². The van der Waals surface area contributed by atoms with E-state index in [0.29, 0.717) is 0 Å². The van der Waals surface area contributed by atoms with Gasteiger partial charge in [0, 0.05) is 27.7 Å². The van der Waals surface area contributed by atoms with Crippen molar-refractivity contribution in [2.75, 3.05) is 19.8 Å². The highest BCUT2D eigenvalue weighted by Crippen LogP contribution is 2.29. The molecule has 1 heterocycles. The van der Waals surface area contributed by atoms with Gasteiger partial charge in [-0.2, -0.15) is 0 Å². The maximum Gasteiger partial charge on any atom is 0.338 e. The van der Waals surface area contributed by atoms with Crippen LogP contribution in [0.4, 0.5) is 4.79 Å². The second-order valence-corrected chi connectivity index (χ2v) is 7.43. The molecule has 3 N–H and O–H groups in total. The first-order valence-electron chi connectivity index (χ1n) is 10.8. The number of hydroxylamine groups is 1. The van der Waals surface area contributed by atoms with Crippen LogP contribution in [0.2, 0.25) is 0 Å². The summed E-state index contributed by atoms with van der Waals surface area (Å²) < 4.78 is 30.7. The van der Waals surface area contributed by atoms with Crippen LogP contribution in [0.5, 0.6) is 0 Å². The lowest BCUT2D eigenvalue weighted by atomic mass is 9.98. The number of aliphatic hydroxyl groups excluding tert-OH is 1. The van der Waals surface area contributed by atoms with Crippen molar-refractivity contribution in [3.8, 4) is 0 Å². The third-order valence-electron chi connectivity index (χ3n) is 4.29. The molecule has 1 saturated heterocycles. The normalized spacial score (nSPS) is 23.4. The lowest BCUT2D eigenvalue weighted by Gasteiger charge is -2.43. The van der Waals surface area contributed by atoms with Crippen LogP contribution in [0.15, 0.2) is 12.7 Å². The summed E-state index contributed by atoms with van der Waals surface area (Å²) in [6.07, 6.45) is -7.86. The van der Waals surface area contributed by atoms with Gasteiger partial charge in [0.1, 0.15) is 19.3 Å². The van der Waals surface area contributed by atoms with E-state index in [-0.39, 0.29) is 6.61 Å². The summed E-state index contributed by atoms with van der Waals surface area (Å²) in [5, 5.41) is 11.8. The lowest BCUT2D eigenvalue weighted by Crippen LogP contribution is -2.64. The molecular formula is C21H30N2O14. The predicted molar refractivity (Wildman–Crippen MR) is 117 cm³/mol. The zero-order valence-electron chi connectivity index (χ0n) is 20.6. The van der Waals surface area contributed by atoms with Gasteiger partial charge in [0.25, 0.3) is 0 Å². The van der Waals surface area contributed by atoms with Gasteiger partial charge in [-0.15, -0.1) is 0 Å². The fourth-order valence-corrected chi connectivity index (χ4v) is 2.94. The molecule has 16 heteroatoms. The Morgan fingerprint density at radius 1 is 0.892 bits per heavy atom. The third kappa shape index (κ3) is 11.2. The Morgan fingerprint density at radius 2 is 1.46 bits per heavy atom. The summed E-state index contributed by atoms with van der Waals surface area (Å²) in [7, 11) is 0. The first-order chi connectivity index (χ1) is 17.3. The summed E-state index contributed by atoms with van der Waals surface area (Å²) in [6, 6.07) is -1.07. The fraction of sp³-hybridized carbons (Fsp3) is 0.619. The number of esters is 5. The largest absolute Gasteiger partial charge is 0.463 e. The van der Waals surface area contributed by atoms with Crippen LogP contribution in [-0.4, -0.2) is 97.6 Å². The minimum atomic E-state index is -1.70. The van der Waals surface area contributed by atoms with Crippen LogP contribution in [0.25, 0.3) is 0 Å². The minimum absolute atomic E-state index is 0.145. The molecule has 0 aliphatic carbocycles. The average Bonchev–Trinajstić information content (AvgIpc) is 2.80. The number of hydrogen-bond acceptors (Lipinski definition) is 14. The smallest absolute Gasteiger partial charge is 0.338 e. The molecule has 0 aromatic rings. The Balaban J connectivity index is 3.04. The lowest BCUT2D eigenvalue weighted by molar-refractivity contribution is -0.316. The van der Waals surface area contributed by atoms with Gasteiger partial charge in [-0.25, -0.2) is 19.9 Å². The first-order valence-corrected chi connectivity index (χ1v) is 10.8. The number of carbonyl (C=O) groups is 6. The molecular weight excluding hydrogens is 504 g/mol. The molecule has 1 fully saturated rings. The third-order valence-corrected chi connectivity index (χ3v) is 4.29. The van der Waals surface area contributed by atoms with Gasteiger partial charge >= 0.3 is 35.9 Å². The topological polar surface area (TPSA) is 211 Å². The number of ether oxygens (including phenoxy) is 6. The monoisotopic (exact) mass is 534 g/mol. The van der Waals surface area contributed by atoms with Crippen LogP contribution < -0.4 is 10.8 Å². The van der Waals surface area contributed by atoms with E-state index in [2.05, 4.69) is 16.6 Å². The van der Waals surface area contributed by atoms with Crippen molar-refractivity contribution in [3.63, 3.8) is 0 Å². The number of rotatable bonds is 12. The van der Waals surface area contributed by atoms with Crippen molar-refractivity contribution in [2.45, 2.75) is 64.5 Å². The van der Waals surface area contributed by atoms with Gasteiger partial charge in [0.05, 0.1) is 6.54 Å². The van der Waals surface area contributed by atoms with Gasteiger partial charge < -0.3 is 38.8 Å². The second-order valence-electron chi connectivity index (χ2n) is 7.43. The molecule has 1 aliphatic rings. The Hall–Kier alpha value is -3.76. The van der Waals surface area contributed by atoms with E-state index < -0.39 is 85.8 Å². The van der Waals surface area contributed by atoms with Gasteiger partial charge in [-0.05, 0) is 0 Å². The Labute approximate surface area is 211 Å². The highest BCUT2D eigenvalue weighted by atomic mass is 16.8. The van der Waals surface area contributed by atoms with Crippen molar-refractivity contribution >= 4 is 35.9 Å². The van der Waals surface area contributed by atoms with Crippen molar-refractivity contribution in [2.24, 2.45) is 0 Å². The summed E-state index contributed by atoms with van der Waals surface area (Å²) in [5.74, 6) is -4.27. The van der Waals surface area contributed by atoms with Crippen molar-refractivity contribution in [3.05, 3.63) is 12.7 Å². The summed E-state index contributed by atoms with van der Waals surface area (Å²) in [6.45, 7) is 6.38. The van der Waals surface area contributed by atoms with E-state index >= 15 is 0 Å². The maximum absolute atomic E-state index is 12.1. The van der Waals surface area contributed by atoms with Crippen molar-refractivity contribution in [1.29, 1.82) is 0 Å². The average molecular weight is 534 g/mol. The van der Waals surface area contributed by atoms with Gasteiger partial charge in [0.15, 0.2) is 24.4 Å². The van der Waals surface area contributed by atoms with Crippen LogP contribution in [0, 0.1) is 0 Å². The Morgan fingerprint density at radius 3 is 2.00 bits per heavy atom. The highest BCUT2D eigenvalue weighted by molar-refractivity contribution is 5.77. The standard InChI is InChI=1S/C21H30N2O14/c1-6-7-31-19(29)14(28)8-22-21(30)23-37-20-18(35-13(5)27)17(34-12(4)26)16(33-11(3)25)15(36-20)9-32-10(2)24/h6,14-18,20,28H,1,7-9H2,2-5H3,(H2,22,23,30)/t14-,15+,16+,17-,18+,20-/m0/s1. The highest BCUT2D eigenvalue weighted by Gasteiger charge is 2.53. The zero-order valence-corrected chi connectivity index (χ0v) is 20.6. The van der Waals surface area contributed by atoms with Crippen LogP contribution >= 0.6 is 0 Å². The number of urea groups is 1. The molecule has 0 unspecified atom stereocenters. The first kappa shape index (κ1) is 31.3. The fourth-order valence-electron chi connectivity index (χ4n) is 2.94. The van der Waals surface area contributed by atoms with Crippen LogP contribution in [-0.2, 0) is 57.2 Å². The number of aliphatic hydroxyl groups is 1. The summed E-state index contributed by atoms with van der Waals surface area (Å²) in [4.78, 5) is 75.3. The molecule has 16 nitrogen and oxygen atoms in total. The van der Waals surface area contributed by atoms with E-state index in [1.807, 2.05) is 5.48 Å². The number of amides is 2. The molecule has 2 amide bonds. The molecule has 1 aliphatic heterocycles. The van der Waals surface area contributed by atoms with E-state index in [1.165, 1.54) is 6.08 Å². The molecule has 208 valence electrons. The Kier molecular flexibility index (Phi) is 13.0. The molecule has 0 aromatic heterocycles. The van der Waals surface area contributed by atoms with E-state index in [9.17, 15) is 33.9 Å². The molecule has 0 spiro atoms. The number of carbonyl (C=O) groups excluding carboxylic acids is 6. The Bertz CT molecular complexity index is 862. The summed E-state index contributed by atoms with van der Waals surface area (Å²) >= 11 is 0. The maximum atomic E-state index is 12.1. The minimum Gasteiger partial charge on any atom is -0.463 e. The molecule has 0 aromatic carbocycles. The molecule has 0 bridgehead atoms. The van der Waals surface area contributed by atoms with Gasteiger partial charge in [0.2, 0.25) is 6.29 Å². The van der Waals surface area contributed by atoms with Gasteiger partial charge in [-0.1, -0.05) is 12.7 Å². The summed E-state index contributed by atoms with van der Waals surface area (Å²) in [5.41, 5.74) is 1.91. The van der Waals surface area contributed by atoms with Crippen molar-refractivity contribution < 1.29 is 67.1 Å².